The predicted molar refractivity (Wildman–Crippen MR) is 75.3 cm³/mol. The van der Waals surface area contributed by atoms with Crippen LogP contribution in [-0.2, 0) is 0 Å². The quantitative estimate of drug-likeness (QED) is 0.795. The van der Waals surface area contributed by atoms with Crippen molar-refractivity contribution in [3.05, 3.63) is 70.6 Å². The molecule has 88 valence electrons. The van der Waals surface area contributed by atoms with Gasteiger partial charge in [0.1, 0.15) is 5.84 Å². The van der Waals surface area contributed by atoms with Gasteiger partial charge in [0.2, 0.25) is 0 Å². The maximum atomic E-state index is 5.94. The molecule has 1 aliphatic rings. The SMILES string of the molecule is NC1=NC(c2ccccc2)=c2ccccc2=CC1. The summed E-state index contributed by atoms with van der Waals surface area (Å²) in [6.07, 6.45) is 2.83. The first kappa shape index (κ1) is 10.8. The molecule has 2 aromatic carbocycles. The summed E-state index contributed by atoms with van der Waals surface area (Å²) in [6.45, 7) is 0. The van der Waals surface area contributed by atoms with Crippen LogP contribution in [-0.4, -0.2) is 5.84 Å². The molecule has 0 aromatic heterocycles. The van der Waals surface area contributed by atoms with E-state index in [1.807, 2.05) is 30.3 Å². The number of aliphatic imine (C=N–C) groups is 1. The van der Waals surface area contributed by atoms with Crippen molar-refractivity contribution in [1.82, 2.24) is 0 Å². The largest absolute Gasteiger partial charge is 0.387 e. The van der Waals surface area contributed by atoms with Gasteiger partial charge in [-0.25, -0.2) is 4.99 Å². The highest BCUT2D eigenvalue weighted by atomic mass is 14.9. The number of hydrogen-bond acceptors (Lipinski definition) is 2. The van der Waals surface area contributed by atoms with Crippen LogP contribution in [0.15, 0.2) is 59.6 Å². The minimum Gasteiger partial charge on any atom is -0.387 e. The second-order valence-corrected chi connectivity index (χ2v) is 4.31. The highest BCUT2D eigenvalue weighted by Gasteiger charge is 2.05. The zero-order valence-corrected chi connectivity index (χ0v) is 10.0. The van der Waals surface area contributed by atoms with E-state index < -0.39 is 0 Å². The van der Waals surface area contributed by atoms with Gasteiger partial charge in [0.25, 0.3) is 0 Å². The fourth-order valence-corrected chi connectivity index (χ4v) is 2.17. The van der Waals surface area contributed by atoms with Crippen molar-refractivity contribution in [1.29, 1.82) is 0 Å². The molecule has 2 nitrogen and oxygen atoms in total. The number of hydrogen-bond donors (Lipinski definition) is 1. The topological polar surface area (TPSA) is 38.4 Å². The molecule has 0 bridgehead atoms. The third-order valence-corrected chi connectivity index (χ3v) is 3.05. The van der Waals surface area contributed by atoms with Crippen LogP contribution >= 0.6 is 0 Å². The molecule has 18 heavy (non-hydrogen) atoms. The molecule has 0 saturated carbocycles. The summed E-state index contributed by atoms with van der Waals surface area (Å²) >= 11 is 0. The third kappa shape index (κ3) is 1.93. The molecular formula is C16H14N2. The lowest BCUT2D eigenvalue weighted by molar-refractivity contribution is 1.39. The summed E-state index contributed by atoms with van der Waals surface area (Å²) in [5, 5.41) is 2.34. The van der Waals surface area contributed by atoms with Crippen molar-refractivity contribution in [2.24, 2.45) is 10.7 Å². The summed E-state index contributed by atoms with van der Waals surface area (Å²) in [5.41, 5.74) is 8.00. The van der Waals surface area contributed by atoms with E-state index in [0.717, 1.165) is 16.5 Å². The highest BCUT2D eigenvalue weighted by Crippen LogP contribution is 2.12. The molecule has 1 aliphatic heterocycles. The van der Waals surface area contributed by atoms with Crippen LogP contribution in [0.2, 0.25) is 0 Å². The fourth-order valence-electron chi connectivity index (χ4n) is 2.17. The Morgan fingerprint density at radius 2 is 1.61 bits per heavy atom. The molecule has 0 saturated heterocycles. The molecule has 0 spiro atoms. The van der Waals surface area contributed by atoms with Crippen LogP contribution < -0.4 is 16.2 Å². The predicted octanol–water partition coefficient (Wildman–Crippen LogP) is 1.38. The smallest absolute Gasteiger partial charge is 0.103 e. The molecular weight excluding hydrogens is 220 g/mol. The van der Waals surface area contributed by atoms with Crippen molar-refractivity contribution in [3.63, 3.8) is 0 Å². The number of benzene rings is 2. The van der Waals surface area contributed by atoms with Gasteiger partial charge in [-0.15, -0.1) is 0 Å². The average molecular weight is 234 g/mol. The summed E-state index contributed by atoms with van der Waals surface area (Å²) in [5.74, 6) is 0.657. The first-order valence-electron chi connectivity index (χ1n) is 6.02. The van der Waals surface area contributed by atoms with Gasteiger partial charge in [0, 0.05) is 17.2 Å². The Hall–Kier alpha value is -2.35. The normalized spacial score (nSPS) is 14.2. The van der Waals surface area contributed by atoms with Gasteiger partial charge in [-0.05, 0) is 5.22 Å². The number of amidine groups is 1. The fraction of sp³-hybridized carbons (Fsp3) is 0.0625. The van der Waals surface area contributed by atoms with Crippen LogP contribution in [0.25, 0.3) is 11.8 Å². The Kier molecular flexibility index (Phi) is 2.69. The zero-order chi connectivity index (χ0) is 12.4. The Balaban J connectivity index is 2.39. The van der Waals surface area contributed by atoms with Gasteiger partial charge in [-0.3, -0.25) is 0 Å². The van der Waals surface area contributed by atoms with E-state index in [-0.39, 0.29) is 0 Å². The van der Waals surface area contributed by atoms with Crippen LogP contribution in [0.3, 0.4) is 0 Å². The summed E-state index contributed by atoms with van der Waals surface area (Å²) < 4.78 is 0. The molecule has 0 unspecified atom stereocenters. The second-order valence-electron chi connectivity index (χ2n) is 4.31. The Labute approximate surface area is 106 Å². The molecule has 0 amide bonds. The van der Waals surface area contributed by atoms with Gasteiger partial charge in [-0.1, -0.05) is 60.7 Å². The van der Waals surface area contributed by atoms with E-state index in [4.69, 9.17) is 5.73 Å². The number of rotatable bonds is 1. The van der Waals surface area contributed by atoms with Gasteiger partial charge in [0.05, 0.1) is 5.70 Å². The van der Waals surface area contributed by atoms with Crippen molar-refractivity contribution in [3.8, 4) is 0 Å². The first-order chi connectivity index (χ1) is 8.84. The third-order valence-electron chi connectivity index (χ3n) is 3.05. The number of nitrogens with zero attached hydrogens (tertiary/aromatic N) is 1. The summed E-state index contributed by atoms with van der Waals surface area (Å²) in [6, 6.07) is 18.4. The number of fused-ring (bicyclic) bond motifs is 1. The molecule has 0 aliphatic carbocycles. The van der Waals surface area contributed by atoms with Gasteiger partial charge in [-0.2, -0.15) is 0 Å². The van der Waals surface area contributed by atoms with Gasteiger partial charge < -0.3 is 5.73 Å². The minimum atomic E-state index is 0.657. The molecule has 2 N–H and O–H groups in total. The number of nitrogens with two attached hydrogens (primary N) is 1. The maximum Gasteiger partial charge on any atom is 0.103 e. The lowest BCUT2D eigenvalue weighted by Crippen LogP contribution is -2.25. The van der Waals surface area contributed by atoms with E-state index in [1.54, 1.807) is 0 Å². The lowest BCUT2D eigenvalue weighted by atomic mass is 10.1. The zero-order valence-electron chi connectivity index (χ0n) is 10.0. The van der Waals surface area contributed by atoms with E-state index in [1.165, 1.54) is 5.22 Å². The molecule has 0 atom stereocenters. The Morgan fingerprint density at radius 3 is 2.44 bits per heavy atom. The average Bonchev–Trinajstić information content (AvgIpc) is 2.60. The van der Waals surface area contributed by atoms with Crippen molar-refractivity contribution in [2.45, 2.75) is 6.42 Å². The maximum absolute atomic E-state index is 5.94. The van der Waals surface area contributed by atoms with Crippen molar-refractivity contribution in [2.75, 3.05) is 0 Å². The first-order valence-corrected chi connectivity index (χ1v) is 6.02. The molecule has 1 heterocycles. The Bertz CT molecular complexity index is 712. The van der Waals surface area contributed by atoms with Crippen molar-refractivity contribution < 1.29 is 0 Å². The molecule has 2 aromatic rings. The standard InChI is InChI=1S/C16H14N2/c17-15-11-10-12-6-4-5-9-14(12)16(18-15)13-7-2-1-3-8-13/h1-10H,11H2,(H2,17,18). The Morgan fingerprint density at radius 1 is 0.889 bits per heavy atom. The van der Waals surface area contributed by atoms with E-state index in [2.05, 4.69) is 35.3 Å². The monoisotopic (exact) mass is 234 g/mol. The lowest BCUT2D eigenvalue weighted by Gasteiger charge is -2.03. The van der Waals surface area contributed by atoms with E-state index >= 15 is 0 Å². The minimum absolute atomic E-state index is 0.657. The summed E-state index contributed by atoms with van der Waals surface area (Å²) in [4.78, 5) is 4.57. The van der Waals surface area contributed by atoms with Crippen LogP contribution in [0, 0.1) is 0 Å². The molecule has 0 fully saturated rings. The van der Waals surface area contributed by atoms with Crippen LogP contribution in [0.5, 0.6) is 0 Å². The van der Waals surface area contributed by atoms with E-state index in [9.17, 15) is 0 Å². The highest BCUT2D eigenvalue weighted by molar-refractivity contribution is 5.90. The van der Waals surface area contributed by atoms with E-state index in [0.29, 0.717) is 12.3 Å². The second kappa shape index (κ2) is 4.49. The van der Waals surface area contributed by atoms with Crippen molar-refractivity contribution >= 4 is 17.6 Å². The van der Waals surface area contributed by atoms with Crippen LogP contribution in [0.4, 0.5) is 0 Å². The van der Waals surface area contributed by atoms with Gasteiger partial charge >= 0.3 is 0 Å². The summed E-state index contributed by atoms with van der Waals surface area (Å²) in [7, 11) is 0. The molecule has 0 radical (unpaired) electrons. The molecule has 2 heteroatoms. The van der Waals surface area contributed by atoms with Gasteiger partial charge in [0.15, 0.2) is 0 Å². The van der Waals surface area contributed by atoms with Crippen LogP contribution in [0.1, 0.15) is 12.0 Å². The molecule has 3 rings (SSSR count).